The molecule has 0 unspecified atom stereocenters. The van der Waals surface area contributed by atoms with Crippen LogP contribution in [0.4, 0.5) is 0 Å². The predicted molar refractivity (Wildman–Crippen MR) is 58.4 cm³/mol. The van der Waals surface area contributed by atoms with Crippen molar-refractivity contribution in [3.63, 3.8) is 0 Å². The topological polar surface area (TPSA) is 34.9 Å². The standard InChI is InChI=1S/C10H9BrN2O/c1-6(14)9-5-13(2)10-8(9)3-7(11)4-12-10/h3-5H,1-2H3. The molecule has 0 amide bonds. The highest BCUT2D eigenvalue weighted by Crippen LogP contribution is 2.22. The molecule has 0 radical (unpaired) electrons. The van der Waals surface area contributed by atoms with E-state index in [-0.39, 0.29) is 5.78 Å². The summed E-state index contributed by atoms with van der Waals surface area (Å²) in [6.07, 6.45) is 3.54. The molecule has 0 saturated carbocycles. The Kier molecular flexibility index (Phi) is 2.15. The monoisotopic (exact) mass is 252 g/mol. The number of Topliss-reactive ketones (excluding diaryl/α,β-unsaturated/α-hetero) is 1. The third-order valence-corrected chi connectivity index (χ3v) is 2.59. The fourth-order valence-corrected chi connectivity index (χ4v) is 1.85. The summed E-state index contributed by atoms with van der Waals surface area (Å²) >= 11 is 3.34. The third-order valence-electron chi connectivity index (χ3n) is 2.16. The quantitative estimate of drug-likeness (QED) is 0.732. The fourth-order valence-electron chi connectivity index (χ4n) is 1.52. The number of nitrogens with zero attached hydrogens (tertiary/aromatic N) is 2. The lowest BCUT2D eigenvalue weighted by molar-refractivity contribution is 0.101. The molecule has 0 saturated heterocycles. The second-order valence-electron chi connectivity index (χ2n) is 3.23. The molecule has 0 atom stereocenters. The van der Waals surface area contributed by atoms with Gasteiger partial charge in [0.15, 0.2) is 5.78 Å². The van der Waals surface area contributed by atoms with Crippen LogP contribution in [0.15, 0.2) is 22.9 Å². The Morgan fingerprint density at radius 1 is 1.57 bits per heavy atom. The fraction of sp³-hybridized carbons (Fsp3) is 0.200. The lowest BCUT2D eigenvalue weighted by Crippen LogP contribution is -1.89. The Labute approximate surface area is 89.9 Å². The van der Waals surface area contributed by atoms with Crippen LogP contribution in [0, 0.1) is 0 Å². The highest BCUT2D eigenvalue weighted by molar-refractivity contribution is 9.10. The predicted octanol–water partition coefficient (Wildman–Crippen LogP) is 2.54. The Balaban J connectivity index is 2.85. The van der Waals surface area contributed by atoms with Crippen molar-refractivity contribution in [3.05, 3.63) is 28.5 Å². The van der Waals surface area contributed by atoms with Gasteiger partial charge in [0.1, 0.15) is 5.65 Å². The number of fused-ring (bicyclic) bond motifs is 1. The second-order valence-corrected chi connectivity index (χ2v) is 4.15. The number of rotatable bonds is 1. The molecule has 72 valence electrons. The van der Waals surface area contributed by atoms with Gasteiger partial charge in [0.2, 0.25) is 0 Å². The average Bonchev–Trinajstić information content (AvgIpc) is 2.43. The first kappa shape index (κ1) is 9.40. The van der Waals surface area contributed by atoms with E-state index in [2.05, 4.69) is 20.9 Å². The summed E-state index contributed by atoms with van der Waals surface area (Å²) < 4.78 is 2.75. The molecular formula is C10H9BrN2O. The minimum absolute atomic E-state index is 0.0653. The third kappa shape index (κ3) is 1.35. The van der Waals surface area contributed by atoms with E-state index in [1.54, 1.807) is 13.1 Å². The van der Waals surface area contributed by atoms with Crippen molar-refractivity contribution in [3.8, 4) is 0 Å². The number of carbonyl (C=O) groups excluding carboxylic acids is 1. The van der Waals surface area contributed by atoms with E-state index in [0.29, 0.717) is 0 Å². The van der Waals surface area contributed by atoms with Gasteiger partial charge in [-0.15, -0.1) is 0 Å². The number of halogens is 1. The molecular weight excluding hydrogens is 244 g/mol. The first-order valence-electron chi connectivity index (χ1n) is 4.21. The molecule has 2 aromatic heterocycles. The summed E-state index contributed by atoms with van der Waals surface area (Å²) in [5.41, 5.74) is 1.55. The van der Waals surface area contributed by atoms with Crippen LogP contribution in [0.3, 0.4) is 0 Å². The summed E-state index contributed by atoms with van der Waals surface area (Å²) in [6.45, 7) is 1.57. The lowest BCUT2D eigenvalue weighted by Gasteiger charge is -1.94. The van der Waals surface area contributed by atoms with Crippen LogP contribution in [0.1, 0.15) is 17.3 Å². The van der Waals surface area contributed by atoms with Gasteiger partial charge in [0, 0.05) is 34.9 Å². The van der Waals surface area contributed by atoms with Crippen LogP contribution >= 0.6 is 15.9 Å². The van der Waals surface area contributed by atoms with Crippen LogP contribution in [-0.4, -0.2) is 15.3 Å². The summed E-state index contributed by atoms with van der Waals surface area (Å²) in [5, 5.41) is 0.898. The molecule has 0 fully saturated rings. The van der Waals surface area contributed by atoms with E-state index < -0.39 is 0 Å². The maximum Gasteiger partial charge on any atom is 0.162 e. The number of pyridine rings is 1. The Morgan fingerprint density at radius 2 is 2.29 bits per heavy atom. The van der Waals surface area contributed by atoms with Crippen molar-refractivity contribution in [1.82, 2.24) is 9.55 Å². The van der Waals surface area contributed by atoms with Gasteiger partial charge in [0.05, 0.1) is 0 Å². The summed E-state index contributed by atoms with van der Waals surface area (Å²) in [4.78, 5) is 15.6. The zero-order valence-electron chi connectivity index (χ0n) is 7.91. The van der Waals surface area contributed by atoms with Crippen molar-refractivity contribution >= 4 is 32.7 Å². The number of aryl methyl sites for hydroxylation is 1. The zero-order valence-corrected chi connectivity index (χ0v) is 9.50. The summed E-state index contributed by atoms with van der Waals surface area (Å²) in [5.74, 6) is 0.0653. The average molecular weight is 253 g/mol. The van der Waals surface area contributed by atoms with Gasteiger partial charge in [0.25, 0.3) is 0 Å². The Hall–Kier alpha value is -1.16. The maximum atomic E-state index is 11.3. The highest BCUT2D eigenvalue weighted by Gasteiger charge is 2.11. The van der Waals surface area contributed by atoms with E-state index >= 15 is 0 Å². The molecule has 2 aromatic rings. The molecule has 0 spiro atoms. The molecule has 0 aliphatic rings. The normalized spacial score (nSPS) is 10.8. The van der Waals surface area contributed by atoms with Crippen molar-refractivity contribution in [1.29, 1.82) is 0 Å². The molecule has 2 rings (SSSR count). The van der Waals surface area contributed by atoms with Gasteiger partial charge in [-0.2, -0.15) is 0 Å². The zero-order chi connectivity index (χ0) is 10.3. The molecule has 3 nitrogen and oxygen atoms in total. The van der Waals surface area contributed by atoms with E-state index in [0.717, 1.165) is 21.1 Å². The lowest BCUT2D eigenvalue weighted by atomic mass is 10.2. The van der Waals surface area contributed by atoms with E-state index in [4.69, 9.17) is 0 Å². The van der Waals surface area contributed by atoms with Crippen molar-refractivity contribution in [2.75, 3.05) is 0 Å². The molecule has 4 heteroatoms. The first-order chi connectivity index (χ1) is 6.59. The first-order valence-corrected chi connectivity index (χ1v) is 5.00. The van der Waals surface area contributed by atoms with Crippen LogP contribution in [0.2, 0.25) is 0 Å². The second kappa shape index (κ2) is 3.20. The number of carbonyl (C=O) groups is 1. The van der Waals surface area contributed by atoms with E-state index in [9.17, 15) is 4.79 Å². The SMILES string of the molecule is CC(=O)c1cn(C)c2ncc(Br)cc12. The van der Waals surface area contributed by atoms with Gasteiger partial charge < -0.3 is 4.57 Å². The summed E-state index contributed by atoms with van der Waals surface area (Å²) in [6, 6.07) is 1.92. The number of hydrogen-bond acceptors (Lipinski definition) is 2. The molecule has 2 heterocycles. The van der Waals surface area contributed by atoms with Gasteiger partial charge in [-0.25, -0.2) is 4.98 Å². The van der Waals surface area contributed by atoms with E-state index in [1.165, 1.54) is 0 Å². The Morgan fingerprint density at radius 3 is 2.93 bits per heavy atom. The number of hydrogen-bond donors (Lipinski definition) is 0. The largest absolute Gasteiger partial charge is 0.335 e. The van der Waals surface area contributed by atoms with Gasteiger partial charge in [-0.3, -0.25) is 4.79 Å². The van der Waals surface area contributed by atoms with Crippen LogP contribution < -0.4 is 0 Å². The van der Waals surface area contributed by atoms with E-state index in [1.807, 2.05) is 23.9 Å². The van der Waals surface area contributed by atoms with Crippen molar-refractivity contribution in [2.45, 2.75) is 6.92 Å². The minimum Gasteiger partial charge on any atom is -0.335 e. The van der Waals surface area contributed by atoms with Gasteiger partial charge >= 0.3 is 0 Å². The van der Waals surface area contributed by atoms with Crippen LogP contribution in [0.25, 0.3) is 11.0 Å². The van der Waals surface area contributed by atoms with Crippen LogP contribution in [0.5, 0.6) is 0 Å². The van der Waals surface area contributed by atoms with Crippen LogP contribution in [-0.2, 0) is 7.05 Å². The van der Waals surface area contributed by atoms with Gasteiger partial charge in [-0.05, 0) is 28.9 Å². The molecule has 14 heavy (non-hydrogen) atoms. The molecule has 0 N–H and O–H groups in total. The van der Waals surface area contributed by atoms with Crippen molar-refractivity contribution < 1.29 is 4.79 Å². The number of aromatic nitrogens is 2. The molecule has 0 bridgehead atoms. The highest BCUT2D eigenvalue weighted by atomic mass is 79.9. The van der Waals surface area contributed by atoms with Gasteiger partial charge in [-0.1, -0.05) is 0 Å². The molecule has 0 aliphatic carbocycles. The number of ketones is 1. The summed E-state index contributed by atoms with van der Waals surface area (Å²) in [7, 11) is 1.88. The Bertz CT molecular complexity index is 516. The van der Waals surface area contributed by atoms with Crippen molar-refractivity contribution in [2.24, 2.45) is 7.05 Å². The molecule has 0 aromatic carbocycles. The smallest absolute Gasteiger partial charge is 0.162 e. The molecule has 0 aliphatic heterocycles. The maximum absolute atomic E-state index is 11.3. The minimum atomic E-state index is 0.0653.